The summed E-state index contributed by atoms with van der Waals surface area (Å²) >= 11 is 8.24. The van der Waals surface area contributed by atoms with Crippen molar-refractivity contribution in [2.24, 2.45) is 5.92 Å². The van der Waals surface area contributed by atoms with Gasteiger partial charge in [0.15, 0.2) is 0 Å². The van der Waals surface area contributed by atoms with Crippen LogP contribution in [0.5, 0.6) is 0 Å². The van der Waals surface area contributed by atoms with Crippen molar-refractivity contribution in [3.63, 3.8) is 0 Å². The molecule has 3 heterocycles. The summed E-state index contributed by atoms with van der Waals surface area (Å²) in [6, 6.07) is 4.26. The molecular weight excluding hydrogens is 366 g/mol. The minimum absolute atomic E-state index is 0.209. The Hall–Kier alpha value is -1.01. The number of aliphatic hydroxyl groups excluding tert-OH is 1. The summed E-state index contributed by atoms with van der Waals surface area (Å²) < 4.78 is 2.26. The van der Waals surface area contributed by atoms with E-state index < -0.39 is 0 Å². The van der Waals surface area contributed by atoms with Crippen molar-refractivity contribution in [2.75, 3.05) is 12.3 Å². The number of benzene rings is 1. The monoisotopic (exact) mass is 391 g/mol. The zero-order valence-corrected chi connectivity index (χ0v) is 16.7. The van der Waals surface area contributed by atoms with Crippen molar-refractivity contribution >= 4 is 40.0 Å². The number of halogens is 1. The van der Waals surface area contributed by atoms with Crippen molar-refractivity contribution in [1.82, 2.24) is 14.9 Å². The Morgan fingerprint density at radius 2 is 2.31 bits per heavy atom. The molecular formula is C20H26ClN3OS. The van der Waals surface area contributed by atoms with E-state index in [-0.39, 0.29) is 12.1 Å². The van der Waals surface area contributed by atoms with Crippen molar-refractivity contribution in [3.05, 3.63) is 34.5 Å². The van der Waals surface area contributed by atoms with Crippen LogP contribution in [-0.2, 0) is 6.54 Å². The number of fused-ring (bicyclic) bond motifs is 1. The van der Waals surface area contributed by atoms with E-state index in [1.54, 1.807) is 0 Å². The number of piperidine rings is 1. The maximum absolute atomic E-state index is 10.1. The van der Waals surface area contributed by atoms with E-state index in [4.69, 9.17) is 11.6 Å². The highest BCUT2D eigenvalue weighted by Gasteiger charge is 2.23. The lowest BCUT2D eigenvalue weighted by Crippen LogP contribution is -2.44. The van der Waals surface area contributed by atoms with Crippen LogP contribution >= 0.6 is 23.4 Å². The first-order valence-electron chi connectivity index (χ1n) is 9.51. The molecule has 4 rings (SSSR count). The molecule has 140 valence electrons. The van der Waals surface area contributed by atoms with E-state index >= 15 is 0 Å². The number of hydrogen-bond donors (Lipinski definition) is 2. The molecule has 1 saturated heterocycles. The lowest BCUT2D eigenvalue weighted by atomic mass is 9.95. The minimum atomic E-state index is -0.209. The molecule has 0 amide bonds. The fraction of sp³-hybridized carbons (Fsp3) is 0.550. The predicted molar refractivity (Wildman–Crippen MR) is 111 cm³/mol. The van der Waals surface area contributed by atoms with Gasteiger partial charge in [0.2, 0.25) is 0 Å². The van der Waals surface area contributed by atoms with Gasteiger partial charge in [-0.1, -0.05) is 18.5 Å². The van der Waals surface area contributed by atoms with E-state index in [0.717, 1.165) is 55.1 Å². The highest BCUT2D eigenvalue weighted by atomic mass is 35.5. The SMILES string of the molecule is CC1CSC=C1c1cc(Cl)cc2ncn(CCC[C@H]3NCCC[C@@H]3O)c12. The summed E-state index contributed by atoms with van der Waals surface area (Å²) in [5.41, 5.74) is 4.74. The van der Waals surface area contributed by atoms with Gasteiger partial charge in [0, 0.05) is 28.9 Å². The summed E-state index contributed by atoms with van der Waals surface area (Å²) in [6.07, 6.45) is 5.71. The van der Waals surface area contributed by atoms with Gasteiger partial charge in [-0.05, 0) is 61.3 Å². The molecule has 1 aromatic carbocycles. The largest absolute Gasteiger partial charge is 0.392 e. The third-order valence-corrected chi connectivity index (χ3v) is 6.87. The Balaban J connectivity index is 1.56. The second-order valence-electron chi connectivity index (χ2n) is 7.48. The molecule has 0 spiro atoms. The van der Waals surface area contributed by atoms with Crippen molar-refractivity contribution < 1.29 is 5.11 Å². The molecule has 0 radical (unpaired) electrons. The Bertz CT molecular complexity index is 819. The quantitative estimate of drug-likeness (QED) is 0.797. The first-order valence-corrected chi connectivity index (χ1v) is 10.9. The van der Waals surface area contributed by atoms with Crippen LogP contribution in [0.2, 0.25) is 5.02 Å². The van der Waals surface area contributed by atoms with E-state index in [1.165, 1.54) is 16.7 Å². The zero-order chi connectivity index (χ0) is 18.1. The van der Waals surface area contributed by atoms with Gasteiger partial charge in [-0.3, -0.25) is 0 Å². The number of aryl methyl sites for hydroxylation is 1. The summed E-state index contributed by atoms with van der Waals surface area (Å²) in [6.45, 7) is 4.20. The van der Waals surface area contributed by atoms with E-state index in [9.17, 15) is 5.11 Å². The van der Waals surface area contributed by atoms with Gasteiger partial charge >= 0.3 is 0 Å². The average Bonchev–Trinajstić information content (AvgIpc) is 3.22. The average molecular weight is 392 g/mol. The lowest BCUT2D eigenvalue weighted by Gasteiger charge is -2.29. The van der Waals surface area contributed by atoms with Gasteiger partial charge in [0.25, 0.3) is 0 Å². The Morgan fingerprint density at radius 1 is 1.42 bits per heavy atom. The number of rotatable bonds is 5. The van der Waals surface area contributed by atoms with Crippen molar-refractivity contribution in [3.8, 4) is 0 Å². The number of thioether (sulfide) groups is 1. The van der Waals surface area contributed by atoms with Crippen LogP contribution in [0.15, 0.2) is 23.9 Å². The Morgan fingerprint density at radius 3 is 3.08 bits per heavy atom. The van der Waals surface area contributed by atoms with E-state index in [1.807, 2.05) is 24.2 Å². The second kappa shape index (κ2) is 7.93. The second-order valence-corrected chi connectivity index (χ2v) is 8.82. The van der Waals surface area contributed by atoms with Gasteiger partial charge in [-0.25, -0.2) is 4.98 Å². The van der Waals surface area contributed by atoms with Crippen LogP contribution in [0.3, 0.4) is 0 Å². The number of nitrogens with zero attached hydrogens (tertiary/aromatic N) is 2. The molecule has 1 aromatic heterocycles. The van der Waals surface area contributed by atoms with Crippen molar-refractivity contribution in [1.29, 1.82) is 0 Å². The van der Waals surface area contributed by atoms with E-state index in [2.05, 4.69) is 33.3 Å². The van der Waals surface area contributed by atoms with Gasteiger partial charge in [0.05, 0.1) is 23.5 Å². The lowest BCUT2D eigenvalue weighted by molar-refractivity contribution is 0.0909. The van der Waals surface area contributed by atoms with Gasteiger partial charge in [-0.15, -0.1) is 11.8 Å². The standard InChI is InChI=1S/C20H26ClN3OS/c1-13-10-26-11-16(13)15-8-14(21)9-18-20(15)24(12-23-18)7-3-4-17-19(25)5-2-6-22-17/h8-9,11-13,17,19,22,25H,2-7,10H2,1H3/t13?,17-,19+/m1/s1. The molecule has 3 atom stereocenters. The number of imidazole rings is 1. The number of allylic oxidation sites excluding steroid dienone is 1. The maximum atomic E-state index is 10.1. The first kappa shape index (κ1) is 18.4. The van der Waals surface area contributed by atoms with Gasteiger partial charge in [0.1, 0.15) is 0 Å². The third kappa shape index (κ3) is 3.68. The molecule has 2 N–H and O–H groups in total. The fourth-order valence-corrected chi connectivity index (χ4v) is 5.41. The number of aromatic nitrogens is 2. The molecule has 1 unspecified atom stereocenters. The van der Waals surface area contributed by atoms with Crippen molar-refractivity contribution in [2.45, 2.75) is 51.3 Å². The molecule has 6 heteroatoms. The van der Waals surface area contributed by atoms with Gasteiger partial charge in [-0.2, -0.15) is 0 Å². The minimum Gasteiger partial charge on any atom is -0.392 e. The molecule has 26 heavy (non-hydrogen) atoms. The highest BCUT2D eigenvalue weighted by Crippen LogP contribution is 2.39. The third-order valence-electron chi connectivity index (χ3n) is 5.54. The van der Waals surface area contributed by atoms with Crippen LogP contribution in [0.4, 0.5) is 0 Å². The first-order chi connectivity index (χ1) is 12.6. The topological polar surface area (TPSA) is 50.1 Å². The molecule has 0 aliphatic carbocycles. The smallest absolute Gasteiger partial charge is 0.0958 e. The maximum Gasteiger partial charge on any atom is 0.0958 e. The zero-order valence-electron chi connectivity index (χ0n) is 15.1. The molecule has 0 bridgehead atoms. The molecule has 2 aromatic rings. The van der Waals surface area contributed by atoms with Crippen LogP contribution in [0.25, 0.3) is 16.6 Å². The molecule has 1 fully saturated rings. The Kier molecular flexibility index (Phi) is 5.60. The van der Waals surface area contributed by atoms with Crippen LogP contribution in [0.1, 0.15) is 38.2 Å². The summed E-state index contributed by atoms with van der Waals surface area (Å²) in [7, 11) is 0. The number of aliphatic hydroxyl groups is 1. The summed E-state index contributed by atoms with van der Waals surface area (Å²) in [5.74, 6) is 1.66. The van der Waals surface area contributed by atoms with Crippen LogP contribution in [-0.4, -0.2) is 39.1 Å². The number of nitrogens with one attached hydrogen (secondary N) is 1. The van der Waals surface area contributed by atoms with E-state index in [0.29, 0.717) is 5.92 Å². The molecule has 4 nitrogen and oxygen atoms in total. The molecule has 2 aliphatic rings. The summed E-state index contributed by atoms with van der Waals surface area (Å²) in [4.78, 5) is 4.60. The number of hydrogen-bond acceptors (Lipinski definition) is 4. The molecule has 0 saturated carbocycles. The Labute approximate surface area is 164 Å². The predicted octanol–water partition coefficient (Wildman–Crippen LogP) is 4.31. The fourth-order valence-electron chi connectivity index (χ4n) is 4.09. The normalized spacial score (nSPS) is 26.4. The van der Waals surface area contributed by atoms with Crippen LogP contribution in [0, 0.1) is 5.92 Å². The van der Waals surface area contributed by atoms with Crippen LogP contribution < -0.4 is 5.32 Å². The van der Waals surface area contributed by atoms with Gasteiger partial charge < -0.3 is 15.0 Å². The highest BCUT2D eigenvalue weighted by molar-refractivity contribution is 8.02. The summed E-state index contributed by atoms with van der Waals surface area (Å²) in [5, 5.41) is 16.6. The molecule has 2 aliphatic heterocycles.